The maximum atomic E-state index is 14.0. The van der Waals surface area contributed by atoms with Crippen LogP contribution >= 0.6 is 0 Å². The second-order valence-corrected chi connectivity index (χ2v) is 14.9. The minimum absolute atomic E-state index is 0.00879. The third-order valence-electron chi connectivity index (χ3n) is 13.2. The van der Waals surface area contributed by atoms with Crippen LogP contribution in [0.25, 0.3) is 0 Å². The molecule has 0 aromatic carbocycles. The lowest BCUT2D eigenvalue weighted by Crippen LogP contribution is -2.57. The Morgan fingerprint density at radius 3 is 2.29 bits per heavy atom. The molecule has 4 heteroatoms. The summed E-state index contributed by atoms with van der Waals surface area (Å²) in [7, 11) is 1.76. The van der Waals surface area contributed by atoms with Crippen LogP contribution in [0.3, 0.4) is 0 Å². The number of ketones is 1. The monoisotopic (exact) mass is 486 g/mol. The lowest BCUT2D eigenvalue weighted by atomic mass is 9.43. The van der Waals surface area contributed by atoms with Crippen molar-refractivity contribution in [3.63, 3.8) is 0 Å². The number of carbonyl (C=O) groups is 1. The van der Waals surface area contributed by atoms with Gasteiger partial charge in [-0.1, -0.05) is 40.2 Å². The first kappa shape index (κ1) is 25.9. The molecule has 0 unspecified atom stereocenters. The average molecular weight is 487 g/mol. The molecule has 5 rings (SSSR count). The van der Waals surface area contributed by atoms with Crippen molar-refractivity contribution in [1.82, 2.24) is 0 Å². The van der Waals surface area contributed by atoms with Gasteiger partial charge in [0.15, 0.2) is 5.78 Å². The third-order valence-corrected chi connectivity index (χ3v) is 13.2. The standard InChI is InChI=1S/C31H50O4/c1-27(2)23-17-22(32)25-20(29(23,5)14-13-24(27)33)12-15-30(6)19(11-16-31(25,30)7)18-9-10-21(26(18)34)28(3,4)35-8/h18-19,21,23-24,26,33-34H,9-17H2,1-8H3/t18-,19-,21-,23+,24+,26-,29-,30-,31+/m1/s1. The van der Waals surface area contributed by atoms with E-state index in [1.807, 2.05) is 0 Å². The van der Waals surface area contributed by atoms with Crippen molar-refractivity contribution in [2.24, 2.45) is 45.3 Å². The molecule has 0 spiro atoms. The Hall–Kier alpha value is -0.710. The molecule has 0 radical (unpaired) electrons. The summed E-state index contributed by atoms with van der Waals surface area (Å²) < 4.78 is 5.80. The van der Waals surface area contributed by atoms with Crippen molar-refractivity contribution in [1.29, 1.82) is 0 Å². The molecule has 0 heterocycles. The predicted octanol–water partition coefficient (Wildman–Crippen LogP) is 6.09. The molecular formula is C31H50O4. The third kappa shape index (κ3) is 3.24. The van der Waals surface area contributed by atoms with Crippen molar-refractivity contribution in [2.45, 2.75) is 124 Å². The van der Waals surface area contributed by atoms with Gasteiger partial charge in [0.25, 0.3) is 0 Å². The molecule has 3 saturated carbocycles. The van der Waals surface area contributed by atoms with E-state index in [0.29, 0.717) is 18.1 Å². The van der Waals surface area contributed by atoms with Crippen LogP contribution in [-0.2, 0) is 9.53 Å². The van der Waals surface area contributed by atoms with Crippen LogP contribution in [0, 0.1) is 45.3 Å². The zero-order chi connectivity index (χ0) is 25.8. The van der Waals surface area contributed by atoms with Crippen LogP contribution in [0.15, 0.2) is 11.1 Å². The zero-order valence-corrected chi connectivity index (χ0v) is 23.5. The number of allylic oxidation sites excluding steroid dienone is 2. The topological polar surface area (TPSA) is 66.8 Å². The summed E-state index contributed by atoms with van der Waals surface area (Å²) in [5.74, 6) is 1.46. The molecule has 2 N–H and O–H groups in total. The van der Waals surface area contributed by atoms with E-state index in [2.05, 4.69) is 48.5 Å². The molecule has 0 saturated heterocycles. The number of hydrogen-bond acceptors (Lipinski definition) is 4. The molecule has 9 atom stereocenters. The summed E-state index contributed by atoms with van der Waals surface area (Å²) in [5, 5.41) is 22.4. The van der Waals surface area contributed by atoms with Crippen molar-refractivity contribution in [2.75, 3.05) is 7.11 Å². The van der Waals surface area contributed by atoms with E-state index in [1.165, 1.54) is 11.1 Å². The fraction of sp³-hybridized carbons (Fsp3) is 0.903. The van der Waals surface area contributed by atoms with Crippen LogP contribution < -0.4 is 0 Å². The van der Waals surface area contributed by atoms with Crippen molar-refractivity contribution in [3.8, 4) is 0 Å². The lowest BCUT2D eigenvalue weighted by Gasteiger charge is -2.61. The Labute approximate surface area is 213 Å². The van der Waals surface area contributed by atoms with Gasteiger partial charge in [0.1, 0.15) is 0 Å². The highest BCUT2D eigenvalue weighted by Gasteiger charge is 2.66. The molecule has 0 amide bonds. The maximum Gasteiger partial charge on any atom is 0.159 e. The number of Topliss-reactive ketones (excluding diaryl/α,β-unsaturated/α-hetero) is 1. The summed E-state index contributed by atoms with van der Waals surface area (Å²) >= 11 is 0. The molecule has 35 heavy (non-hydrogen) atoms. The van der Waals surface area contributed by atoms with Gasteiger partial charge in [-0.25, -0.2) is 0 Å². The molecule has 5 aliphatic rings. The highest BCUT2D eigenvalue weighted by molar-refractivity contribution is 5.99. The van der Waals surface area contributed by atoms with Crippen molar-refractivity contribution < 1.29 is 19.7 Å². The number of aliphatic hydroxyl groups is 2. The van der Waals surface area contributed by atoms with Gasteiger partial charge in [0.2, 0.25) is 0 Å². The van der Waals surface area contributed by atoms with E-state index in [1.54, 1.807) is 7.11 Å². The molecule has 0 aliphatic heterocycles. The highest BCUT2D eigenvalue weighted by atomic mass is 16.5. The minimum Gasteiger partial charge on any atom is -0.393 e. The van der Waals surface area contributed by atoms with Crippen LogP contribution in [0.2, 0.25) is 0 Å². The lowest BCUT2D eigenvalue weighted by molar-refractivity contribution is -0.134. The Balaban J connectivity index is 1.52. The molecule has 0 aromatic heterocycles. The molecule has 3 fully saturated rings. The molecule has 4 nitrogen and oxygen atoms in total. The largest absolute Gasteiger partial charge is 0.393 e. The molecule has 0 aromatic rings. The van der Waals surface area contributed by atoms with E-state index >= 15 is 0 Å². The van der Waals surface area contributed by atoms with E-state index in [-0.39, 0.29) is 57.2 Å². The number of aliphatic hydroxyl groups excluding tert-OH is 2. The molecular weight excluding hydrogens is 436 g/mol. The second kappa shape index (κ2) is 7.90. The van der Waals surface area contributed by atoms with Gasteiger partial charge >= 0.3 is 0 Å². The summed E-state index contributed by atoms with van der Waals surface area (Å²) in [4.78, 5) is 14.0. The first-order valence-electron chi connectivity index (χ1n) is 14.3. The summed E-state index contributed by atoms with van der Waals surface area (Å²) in [6.07, 6.45) is 8.04. The number of hydrogen-bond donors (Lipinski definition) is 2. The van der Waals surface area contributed by atoms with Gasteiger partial charge < -0.3 is 14.9 Å². The highest BCUT2D eigenvalue weighted by Crippen LogP contribution is 2.72. The SMILES string of the molecule is COC(C)(C)[C@@H]1CC[C@H]([C@H]2CC[C@@]3(C)C4=C(CC[C@]23C)[C@@]2(C)CC[C@H](O)C(C)(C)[C@@H]2CC4=O)[C@H]1O. The summed E-state index contributed by atoms with van der Waals surface area (Å²) in [6.45, 7) is 15.8. The van der Waals surface area contributed by atoms with E-state index in [9.17, 15) is 15.0 Å². The Kier molecular flexibility index (Phi) is 5.85. The Bertz CT molecular complexity index is 932. The van der Waals surface area contributed by atoms with Crippen molar-refractivity contribution >= 4 is 5.78 Å². The van der Waals surface area contributed by atoms with Gasteiger partial charge in [-0.05, 0) is 99.2 Å². The fourth-order valence-electron chi connectivity index (χ4n) is 10.4. The van der Waals surface area contributed by atoms with E-state index < -0.39 is 0 Å². The van der Waals surface area contributed by atoms with Crippen LogP contribution in [0.5, 0.6) is 0 Å². The predicted molar refractivity (Wildman–Crippen MR) is 139 cm³/mol. The normalized spacial score (nSPS) is 49.6. The Morgan fingerprint density at radius 2 is 1.63 bits per heavy atom. The van der Waals surface area contributed by atoms with Crippen LogP contribution in [0.1, 0.15) is 106 Å². The first-order valence-corrected chi connectivity index (χ1v) is 14.3. The molecule has 198 valence electrons. The number of fused-ring (bicyclic) bond motifs is 4. The second-order valence-electron chi connectivity index (χ2n) is 14.9. The number of ether oxygens (including phenoxy) is 1. The maximum absolute atomic E-state index is 14.0. The number of rotatable bonds is 3. The smallest absolute Gasteiger partial charge is 0.159 e. The van der Waals surface area contributed by atoms with Gasteiger partial charge in [0, 0.05) is 30.4 Å². The van der Waals surface area contributed by atoms with E-state index in [4.69, 9.17) is 4.74 Å². The van der Waals surface area contributed by atoms with Crippen molar-refractivity contribution in [3.05, 3.63) is 11.1 Å². The molecule has 5 aliphatic carbocycles. The summed E-state index contributed by atoms with van der Waals surface area (Å²) in [6, 6.07) is 0. The average Bonchev–Trinajstić information content (AvgIpc) is 3.30. The first-order chi connectivity index (χ1) is 16.1. The zero-order valence-electron chi connectivity index (χ0n) is 23.5. The van der Waals surface area contributed by atoms with Gasteiger partial charge in [0.05, 0.1) is 17.8 Å². The van der Waals surface area contributed by atoms with Crippen LogP contribution in [-0.4, -0.2) is 40.9 Å². The minimum atomic E-state index is -0.339. The number of methoxy groups -OCH3 is 1. The van der Waals surface area contributed by atoms with Crippen LogP contribution in [0.4, 0.5) is 0 Å². The van der Waals surface area contributed by atoms with Gasteiger partial charge in [-0.2, -0.15) is 0 Å². The summed E-state index contributed by atoms with van der Waals surface area (Å²) in [5.41, 5.74) is 1.97. The quantitative estimate of drug-likeness (QED) is 0.507. The van der Waals surface area contributed by atoms with E-state index in [0.717, 1.165) is 51.4 Å². The van der Waals surface area contributed by atoms with Gasteiger partial charge in [-0.3, -0.25) is 4.79 Å². The fourth-order valence-corrected chi connectivity index (χ4v) is 10.4. The number of carbonyl (C=O) groups excluding carboxylic acids is 1. The Morgan fingerprint density at radius 1 is 0.943 bits per heavy atom. The van der Waals surface area contributed by atoms with Gasteiger partial charge in [-0.15, -0.1) is 0 Å². The molecule has 0 bridgehead atoms.